The van der Waals surface area contributed by atoms with Crippen molar-refractivity contribution >= 4 is 17.3 Å². The van der Waals surface area contributed by atoms with Crippen molar-refractivity contribution in [3.63, 3.8) is 0 Å². The van der Waals surface area contributed by atoms with Gasteiger partial charge >= 0.3 is 0 Å². The molecule has 0 spiro atoms. The van der Waals surface area contributed by atoms with Gasteiger partial charge in [-0.2, -0.15) is 5.26 Å². The van der Waals surface area contributed by atoms with Crippen LogP contribution in [0.3, 0.4) is 0 Å². The predicted octanol–water partition coefficient (Wildman–Crippen LogP) is 2.59. The number of amides is 1. The second kappa shape index (κ2) is 6.53. The van der Waals surface area contributed by atoms with Crippen molar-refractivity contribution in [2.24, 2.45) is 0 Å². The lowest BCUT2D eigenvalue weighted by atomic mass is 10.2. The number of hydrogen-bond donors (Lipinski definition) is 1. The lowest BCUT2D eigenvalue weighted by molar-refractivity contribution is 0.0982. The minimum Gasteiger partial charge on any atom is -0.399 e. The summed E-state index contributed by atoms with van der Waals surface area (Å²) in [6.07, 6.45) is 2.23. The molecule has 1 aromatic heterocycles. The number of nitrogens with two attached hydrogens (primary N) is 1. The number of aromatic nitrogens is 1. The number of nitrogens with zero attached hydrogens (tertiary/aromatic N) is 3. The van der Waals surface area contributed by atoms with Gasteiger partial charge in [0, 0.05) is 24.1 Å². The molecule has 0 fully saturated rings. The molecule has 1 aromatic carbocycles. The third kappa shape index (κ3) is 3.37. The highest BCUT2D eigenvalue weighted by molar-refractivity contribution is 6.04. The molecule has 2 N–H and O–H groups in total. The summed E-state index contributed by atoms with van der Waals surface area (Å²) < 4.78 is 0. The molecule has 2 aromatic rings. The molecule has 0 bridgehead atoms. The fourth-order valence-electron chi connectivity index (χ4n) is 1.95. The SMILES string of the molecule is CCCN(C(=O)c1ccc(C#N)cn1)c1ccc(N)cc1. The van der Waals surface area contributed by atoms with E-state index in [1.54, 1.807) is 29.2 Å². The van der Waals surface area contributed by atoms with E-state index >= 15 is 0 Å². The Bertz CT molecular complexity index is 656. The fourth-order valence-corrected chi connectivity index (χ4v) is 1.95. The maximum Gasteiger partial charge on any atom is 0.276 e. The molecule has 0 saturated carbocycles. The van der Waals surface area contributed by atoms with Crippen LogP contribution in [0.25, 0.3) is 0 Å². The minimum atomic E-state index is -0.189. The Labute approximate surface area is 123 Å². The van der Waals surface area contributed by atoms with Gasteiger partial charge < -0.3 is 10.6 Å². The quantitative estimate of drug-likeness (QED) is 0.872. The molecule has 21 heavy (non-hydrogen) atoms. The van der Waals surface area contributed by atoms with Crippen LogP contribution in [0.5, 0.6) is 0 Å². The third-order valence-corrected chi connectivity index (χ3v) is 3.01. The van der Waals surface area contributed by atoms with E-state index in [1.165, 1.54) is 6.20 Å². The van der Waals surface area contributed by atoms with E-state index in [1.807, 2.05) is 25.1 Å². The Hall–Kier alpha value is -2.87. The molecular weight excluding hydrogens is 264 g/mol. The van der Waals surface area contributed by atoms with Gasteiger partial charge in [-0.25, -0.2) is 4.98 Å². The fraction of sp³-hybridized carbons (Fsp3) is 0.188. The number of hydrogen-bond acceptors (Lipinski definition) is 4. The second-order valence-corrected chi connectivity index (χ2v) is 4.59. The molecule has 5 heteroatoms. The normalized spacial score (nSPS) is 9.90. The zero-order chi connectivity index (χ0) is 15.2. The summed E-state index contributed by atoms with van der Waals surface area (Å²) in [5, 5.41) is 8.77. The first-order chi connectivity index (χ1) is 10.2. The molecule has 0 unspecified atom stereocenters. The van der Waals surface area contributed by atoms with Gasteiger partial charge in [-0.3, -0.25) is 4.79 Å². The van der Waals surface area contributed by atoms with Crippen LogP contribution in [-0.2, 0) is 0 Å². The summed E-state index contributed by atoms with van der Waals surface area (Å²) in [5.41, 5.74) is 7.86. The summed E-state index contributed by atoms with van der Waals surface area (Å²) >= 11 is 0. The van der Waals surface area contributed by atoms with Gasteiger partial charge in [0.15, 0.2) is 0 Å². The number of carbonyl (C=O) groups is 1. The monoisotopic (exact) mass is 280 g/mol. The van der Waals surface area contributed by atoms with Crippen LogP contribution in [0.4, 0.5) is 11.4 Å². The minimum absolute atomic E-state index is 0.189. The molecule has 1 amide bonds. The van der Waals surface area contributed by atoms with E-state index in [9.17, 15) is 4.79 Å². The third-order valence-electron chi connectivity index (χ3n) is 3.01. The van der Waals surface area contributed by atoms with Gasteiger partial charge in [0.1, 0.15) is 11.8 Å². The lowest BCUT2D eigenvalue weighted by Crippen LogP contribution is -2.32. The molecule has 0 aliphatic rings. The van der Waals surface area contributed by atoms with Crippen LogP contribution in [0, 0.1) is 11.3 Å². The second-order valence-electron chi connectivity index (χ2n) is 4.59. The highest BCUT2D eigenvalue weighted by Crippen LogP contribution is 2.19. The molecule has 0 aliphatic heterocycles. The van der Waals surface area contributed by atoms with Crippen molar-refractivity contribution in [1.82, 2.24) is 4.98 Å². The Morgan fingerprint density at radius 3 is 2.52 bits per heavy atom. The number of benzene rings is 1. The highest BCUT2D eigenvalue weighted by Gasteiger charge is 2.18. The zero-order valence-corrected chi connectivity index (χ0v) is 11.8. The van der Waals surface area contributed by atoms with Gasteiger partial charge in [0.2, 0.25) is 0 Å². The highest BCUT2D eigenvalue weighted by atomic mass is 16.2. The smallest absolute Gasteiger partial charge is 0.276 e. The van der Waals surface area contributed by atoms with Crippen LogP contribution < -0.4 is 10.6 Å². The van der Waals surface area contributed by atoms with Crippen molar-refractivity contribution in [3.8, 4) is 6.07 Å². The van der Waals surface area contributed by atoms with Crippen LogP contribution in [0.1, 0.15) is 29.4 Å². The summed E-state index contributed by atoms with van der Waals surface area (Å²) in [5.74, 6) is -0.189. The van der Waals surface area contributed by atoms with Gasteiger partial charge in [0.25, 0.3) is 5.91 Å². The molecule has 0 radical (unpaired) electrons. The van der Waals surface area contributed by atoms with Crippen LogP contribution in [0.2, 0.25) is 0 Å². The maximum absolute atomic E-state index is 12.6. The van der Waals surface area contributed by atoms with Crippen molar-refractivity contribution in [1.29, 1.82) is 5.26 Å². The maximum atomic E-state index is 12.6. The summed E-state index contributed by atoms with van der Waals surface area (Å²) in [6, 6.07) is 12.3. The first-order valence-corrected chi connectivity index (χ1v) is 6.69. The van der Waals surface area contributed by atoms with Crippen molar-refractivity contribution in [2.75, 3.05) is 17.2 Å². The van der Waals surface area contributed by atoms with Crippen LogP contribution in [0.15, 0.2) is 42.6 Å². The number of rotatable bonds is 4. The molecule has 5 nitrogen and oxygen atoms in total. The topological polar surface area (TPSA) is 83.0 Å². The van der Waals surface area contributed by atoms with E-state index in [0.29, 0.717) is 23.5 Å². The van der Waals surface area contributed by atoms with E-state index in [-0.39, 0.29) is 5.91 Å². The molecule has 0 atom stereocenters. The van der Waals surface area contributed by atoms with E-state index in [4.69, 9.17) is 11.0 Å². The number of nitriles is 1. The lowest BCUT2D eigenvalue weighted by Gasteiger charge is -2.22. The Morgan fingerprint density at radius 2 is 2.00 bits per heavy atom. The van der Waals surface area contributed by atoms with Crippen molar-refractivity contribution < 1.29 is 4.79 Å². The Kier molecular flexibility index (Phi) is 4.52. The Morgan fingerprint density at radius 1 is 1.29 bits per heavy atom. The standard InChI is InChI=1S/C16H16N4O/c1-2-9-20(14-6-4-13(18)5-7-14)16(21)15-8-3-12(10-17)11-19-15/h3-8,11H,2,9,18H2,1H3. The number of carbonyl (C=O) groups excluding carboxylic acids is 1. The molecule has 1 heterocycles. The average Bonchev–Trinajstić information content (AvgIpc) is 2.53. The first-order valence-electron chi connectivity index (χ1n) is 6.69. The largest absolute Gasteiger partial charge is 0.399 e. The van der Waals surface area contributed by atoms with Gasteiger partial charge in [-0.05, 0) is 42.8 Å². The molecule has 0 saturated heterocycles. The predicted molar refractivity (Wildman–Crippen MR) is 81.8 cm³/mol. The van der Waals surface area contributed by atoms with E-state index in [2.05, 4.69) is 4.98 Å². The summed E-state index contributed by atoms with van der Waals surface area (Å²) in [7, 11) is 0. The van der Waals surface area contributed by atoms with Gasteiger partial charge in [-0.1, -0.05) is 6.92 Å². The zero-order valence-electron chi connectivity index (χ0n) is 11.8. The molecular formula is C16H16N4O. The van der Waals surface area contributed by atoms with Gasteiger partial charge in [-0.15, -0.1) is 0 Å². The number of nitrogen functional groups attached to an aromatic ring is 1. The van der Waals surface area contributed by atoms with Crippen LogP contribution in [-0.4, -0.2) is 17.4 Å². The van der Waals surface area contributed by atoms with Crippen molar-refractivity contribution in [3.05, 3.63) is 53.9 Å². The van der Waals surface area contributed by atoms with Crippen LogP contribution >= 0.6 is 0 Å². The van der Waals surface area contributed by atoms with E-state index < -0.39 is 0 Å². The van der Waals surface area contributed by atoms with Gasteiger partial charge in [0.05, 0.1) is 5.56 Å². The average molecular weight is 280 g/mol. The number of pyridine rings is 1. The molecule has 106 valence electrons. The number of anilines is 2. The Balaban J connectivity index is 2.30. The van der Waals surface area contributed by atoms with E-state index in [0.717, 1.165) is 12.1 Å². The first kappa shape index (κ1) is 14.5. The molecule has 2 rings (SSSR count). The summed E-state index contributed by atoms with van der Waals surface area (Å²) in [4.78, 5) is 18.3. The molecule has 0 aliphatic carbocycles. The van der Waals surface area contributed by atoms with Crippen molar-refractivity contribution in [2.45, 2.75) is 13.3 Å². The summed E-state index contributed by atoms with van der Waals surface area (Å²) in [6.45, 7) is 2.59.